The van der Waals surface area contributed by atoms with Gasteiger partial charge in [0.15, 0.2) is 0 Å². The third-order valence-electron chi connectivity index (χ3n) is 2.12. The standard InChI is InChI=1S/C9H9ClN4O2/c10-7-5-8(9(15)16)13(6-7)3-4-14-2-1-11-12-14/h1-2,5-6H,3-4H2,(H,15,16). The van der Waals surface area contributed by atoms with Gasteiger partial charge in [0.1, 0.15) is 5.69 Å². The summed E-state index contributed by atoms with van der Waals surface area (Å²) < 4.78 is 3.20. The first-order valence-corrected chi connectivity index (χ1v) is 4.97. The van der Waals surface area contributed by atoms with E-state index < -0.39 is 5.97 Å². The number of aromatic nitrogens is 4. The van der Waals surface area contributed by atoms with Gasteiger partial charge in [0.2, 0.25) is 0 Å². The van der Waals surface area contributed by atoms with Crippen LogP contribution in [0.5, 0.6) is 0 Å². The van der Waals surface area contributed by atoms with E-state index in [-0.39, 0.29) is 5.69 Å². The van der Waals surface area contributed by atoms with Crippen molar-refractivity contribution in [3.63, 3.8) is 0 Å². The molecule has 0 radical (unpaired) electrons. The van der Waals surface area contributed by atoms with Crippen molar-refractivity contribution in [1.82, 2.24) is 19.6 Å². The number of aromatic carboxylic acids is 1. The molecule has 84 valence electrons. The summed E-state index contributed by atoms with van der Waals surface area (Å²) in [6.45, 7) is 1.03. The van der Waals surface area contributed by atoms with Crippen LogP contribution in [0.25, 0.3) is 0 Å². The topological polar surface area (TPSA) is 72.9 Å². The largest absolute Gasteiger partial charge is 0.477 e. The predicted octanol–water partition coefficient (Wildman–Crippen LogP) is 1.13. The third kappa shape index (κ3) is 2.22. The molecule has 2 aromatic rings. The van der Waals surface area contributed by atoms with Crippen molar-refractivity contribution in [2.45, 2.75) is 13.1 Å². The molecule has 0 spiro atoms. The third-order valence-corrected chi connectivity index (χ3v) is 2.33. The predicted molar refractivity (Wildman–Crippen MR) is 56.4 cm³/mol. The zero-order valence-electron chi connectivity index (χ0n) is 8.25. The Kier molecular flexibility index (Phi) is 2.91. The number of carboxylic acid groups (broad SMARTS) is 1. The first-order valence-electron chi connectivity index (χ1n) is 4.60. The summed E-state index contributed by atoms with van der Waals surface area (Å²) in [7, 11) is 0. The Hall–Kier alpha value is -1.82. The van der Waals surface area contributed by atoms with Crippen molar-refractivity contribution in [2.75, 3.05) is 0 Å². The fourth-order valence-electron chi connectivity index (χ4n) is 1.40. The van der Waals surface area contributed by atoms with Gasteiger partial charge < -0.3 is 9.67 Å². The maximum Gasteiger partial charge on any atom is 0.352 e. The maximum absolute atomic E-state index is 10.9. The summed E-state index contributed by atoms with van der Waals surface area (Å²) >= 11 is 5.75. The molecule has 0 fully saturated rings. The maximum atomic E-state index is 10.9. The van der Waals surface area contributed by atoms with Crippen molar-refractivity contribution in [2.24, 2.45) is 0 Å². The molecular weight excluding hydrogens is 232 g/mol. The van der Waals surface area contributed by atoms with Gasteiger partial charge in [-0.05, 0) is 6.07 Å². The molecule has 0 aliphatic heterocycles. The lowest BCUT2D eigenvalue weighted by Gasteiger charge is -2.05. The summed E-state index contributed by atoms with van der Waals surface area (Å²) in [6.07, 6.45) is 4.87. The number of nitrogens with zero attached hydrogens (tertiary/aromatic N) is 4. The van der Waals surface area contributed by atoms with Crippen LogP contribution in [-0.4, -0.2) is 30.6 Å². The number of carbonyl (C=O) groups is 1. The van der Waals surface area contributed by atoms with E-state index in [1.165, 1.54) is 6.07 Å². The molecule has 0 saturated heterocycles. The number of halogens is 1. The second-order valence-electron chi connectivity index (χ2n) is 3.21. The van der Waals surface area contributed by atoms with E-state index in [0.29, 0.717) is 18.1 Å². The molecule has 6 nitrogen and oxygen atoms in total. The van der Waals surface area contributed by atoms with Crippen molar-refractivity contribution >= 4 is 17.6 Å². The smallest absolute Gasteiger partial charge is 0.352 e. The zero-order valence-corrected chi connectivity index (χ0v) is 9.00. The van der Waals surface area contributed by atoms with Crippen LogP contribution in [0.2, 0.25) is 5.02 Å². The van der Waals surface area contributed by atoms with Gasteiger partial charge in [-0.1, -0.05) is 16.8 Å². The lowest BCUT2D eigenvalue weighted by molar-refractivity contribution is 0.0684. The number of carboxylic acids is 1. The highest BCUT2D eigenvalue weighted by Gasteiger charge is 2.11. The first kappa shape index (κ1) is 10.7. The van der Waals surface area contributed by atoms with Gasteiger partial charge in [-0.15, -0.1) is 5.10 Å². The van der Waals surface area contributed by atoms with E-state index in [9.17, 15) is 4.79 Å². The number of aryl methyl sites for hydroxylation is 2. The Morgan fingerprint density at radius 1 is 1.50 bits per heavy atom. The van der Waals surface area contributed by atoms with Crippen molar-refractivity contribution in [1.29, 1.82) is 0 Å². The molecular formula is C9H9ClN4O2. The second kappa shape index (κ2) is 4.36. The van der Waals surface area contributed by atoms with Crippen LogP contribution in [0.3, 0.4) is 0 Å². The minimum Gasteiger partial charge on any atom is -0.477 e. The molecule has 0 aromatic carbocycles. The molecule has 2 heterocycles. The second-order valence-corrected chi connectivity index (χ2v) is 3.64. The van der Waals surface area contributed by atoms with Crippen molar-refractivity contribution in [3.05, 3.63) is 35.4 Å². The molecule has 7 heteroatoms. The Morgan fingerprint density at radius 2 is 2.31 bits per heavy atom. The lowest BCUT2D eigenvalue weighted by atomic mass is 10.4. The highest BCUT2D eigenvalue weighted by atomic mass is 35.5. The number of hydrogen-bond acceptors (Lipinski definition) is 3. The first-order chi connectivity index (χ1) is 7.66. The minimum absolute atomic E-state index is 0.171. The van der Waals surface area contributed by atoms with Crippen LogP contribution in [-0.2, 0) is 13.1 Å². The Morgan fingerprint density at radius 3 is 2.94 bits per heavy atom. The monoisotopic (exact) mass is 240 g/mol. The number of hydrogen-bond donors (Lipinski definition) is 1. The Bertz CT molecular complexity index is 492. The van der Waals surface area contributed by atoms with Crippen molar-refractivity contribution in [3.8, 4) is 0 Å². The van der Waals surface area contributed by atoms with E-state index in [1.54, 1.807) is 27.8 Å². The molecule has 2 rings (SSSR count). The molecule has 0 saturated carbocycles. The van der Waals surface area contributed by atoms with Crippen LogP contribution in [0, 0.1) is 0 Å². The highest BCUT2D eigenvalue weighted by Crippen LogP contribution is 2.14. The fraction of sp³-hybridized carbons (Fsp3) is 0.222. The summed E-state index contributed by atoms with van der Waals surface area (Å²) in [5.41, 5.74) is 0.171. The Labute approximate surface area is 96.1 Å². The van der Waals surface area contributed by atoms with Crippen LogP contribution in [0.15, 0.2) is 24.7 Å². The zero-order chi connectivity index (χ0) is 11.5. The quantitative estimate of drug-likeness (QED) is 0.870. The molecule has 0 unspecified atom stereocenters. The van der Waals surface area contributed by atoms with Gasteiger partial charge in [-0.25, -0.2) is 4.79 Å². The molecule has 0 atom stereocenters. The van der Waals surface area contributed by atoms with Gasteiger partial charge in [0.05, 0.1) is 17.8 Å². The summed E-state index contributed by atoms with van der Waals surface area (Å²) in [6, 6.07) is 1.42. The minimum atomic E-state index is -0.995. The van der Waals surface area contributed by atoms with Crippen LogP contribution in [0.4, 0.5) is 0 Å². The van der Waals surface area contributed by atoms with Crippen molar-refractivity contribution < 1.29 is 9.90 Å². The lowest BCUT2D eigenvalue weighted by Crippen LogP contribution is -2.12. The van der Waals surface area contributed by atoms with E-state index in [1.807, 2.05) is 0 Å². The van der Waals surface area contributed by atoms with E-state index >= 15 is 0 Å². The SMILES string of the molecule is O=C(O)c1cc(Cl)cn1CCn1ccnn1. The van der Waals surface area contributed by atoms with Gasteiger partial charge in [0, 0.05) is 18.9 Å². The average Bonchev–Trinajstić information content (AvgIpc) is 2.83. The van der Waals surface area contributed by atoms with E-state index in [2.05, 4.69) is 10.3 Å². The number of rotatable bonds is 4. The molecule has 0 amide bonds. The average molecular weight is 241 g/mol. The van der Waals surface area contributed by atoms with E-state index in [4.69, 9.17) is 16.7 Å². The fourth-order valence-corrected chi connectivity index (χ4v) is 1.62. The van der Waals surface area contributed by atoms with E-state index in [0.717, 1.165) is 0 Å². The normalized spacial score (nSPS) is 10.6. The molecule has 0 aliphatic carbocycles. The van der Waals surface area contributed by atoms with Gasteiger partial charge >= 0.3 is 5.97 Å². The molecule has 0 aliphatic rings. The summed E-state index contributed by atoms with van der Waals surface area (Å²) in [4.78, 5) is 10.9. The van der Waals surface area contributed by atoms with Gasteiger partial charge in [0.25, 0.3) is 0 Å². The van der Waals surface area contributed by atoms with Crippen LogP contribution in [0.1, 0.15) is 10.5 Å². The molecule has 16 heavy (non-hydrogen) atoms. The molecule has 1 N–H and O–H groups in total. The Balaban J connectivity index is 2.12. The highest BCUT2D eigenvalue weighted by molar-refractivity contribution is 6.30. The molecule has 0 bridgehead atoms. The molecule has 2 aromatic heterocycles. The van der Waals surface area contributed by atoms with Crippen LogP contribution >= 0.6 is 11.6 Å². The van der Waals surface area contributed by atoms with Crippen LogP contribution < -0.4 is 0 Å². The van der Waals surface area contributed by atoms with Gasteiger partial charge in [-0.3, -0.25) is 4.68 Å². The summed E-state index contributed by atoms with van der Waals surface area (Å²) in [5, 5.41) is 16.8. The van der Waals surface area contributed by atoms with Gasteiger partial charge in [-0.2, -0.15) is 0 Å². The summed E-state index contributed by atoms with van der Waals surface area (Å²) in [5.74, 6) is -0.995.